The Morgan fingerprint density at radius 1 is 1.32 bits per heavy atom. The van der Waals surface area contributed by atoms with E-state index in [1.54, 1.807) is 18.9 Å². The molecule has 0 aliphatic heterocycles. The Kier molecular flexibility index (Phi) is 4.76. The highest BCUT2D eigenvalue weighted by atomic mass is 32.2. The van der Waals surface area contributed by atoms with Crippen LogP contribution < -0.4 is 10.5 Å². The monoisotopic (exact) mass is 275 g/mol. The van der Waals surface area contributed by atoms with E-state index < -0.39 is 0 Å². The molecule has 0 aliphatic carbocycles. The SMILES string of the molecule is COc1cccc(C(N)CSc2ncc(C)cn2)c1. The molecule has 0 fully saturated rings. The van der Waals surface area contributed by atoms with Crippen LogP contribution in [0.3, 0.4) is 0 Å². The maximum atomic E-state index is 6.16. The van der Waals surface area contributed by atoms with E-state index in [0.717, 1.165) is 27.8 Å². The summed E-state index contributed by atoms with van der Waals surface area (Å²) in [7, 11) is 1.65. The summed E-state index contributed by atoms with van der Waals surface area (Å²) in [6.45, 7) is 1.97. The van der Waals surface area contributed by atoms with Crippen molar-refractivity contribution in [3.05, 3.63) is 47.8 Å². The van der Waals surface area contributed by atoms with Gasteiger partial charge in [0.2, 0.25) is 0 Å². The van der Waals surface area contributed by atoms with Gasteiger partial charge in [0.05, 0.1) is 7.11 Å². The Morgan fingerprint density at radius 2 is 2.05 bits per heavy atom. The molecule has 2 aromatic rings. The van der Waals surface area contributed by atoms with E-state index in [0.29, 0.717) is 0 Å². The van der Waals surface area contributed by atoms with Crippen molar-refractivity contribution in [2.45, 2.75) is 18.1 Å². The average molecular weight is 275 g/mol. The van der Waals surface area contributed by atoms with E-state index in [1.807, 2.05) is 43.6 Å². The molecule has 2 rings (SSSR count). The first kappa shape index (κ1) is 13.8. The molecule has 100 valence electrons. The van der Waals surface area contributed by atoms with Crippen molar-refractivity contribution < 1.29 is 4.74 Å². The molecule has 0 saturated carbocycles. The van der Waals surface area contributed by atoms with Gasteiger partial charge in [-0.15, -0.1) is 0 Å². The molecule has 19 heavy (non-hydrogen) atoms. The minimum Gasteiger partial charge on any atom is -0.497 e. The lowest BCUT2D eigenvalue weighted by Crippen LogP contribution is -2.13. The third kappa shape index (κ3) is 3.94. The van der Waals surface area contributed by atoms with Crippen LogP contribution in [-0.2, 0) is 0 Å². The molecule has 1 unspecified atom stereocenters. The first-order chi connectivity index (χ1) is 9.19. The van der Waals surface area contributed by atoms with Crippen molar-refractivity contribution >= 4 is 11.8 Å². The highest BCUT2D eigenvalue weighted by Gasteiger charge is 2.08. The zero-order valence-corrected chi connectivity index (χ0v) is 11.9. The molecular formula is C14H17N3OS. The molecule has 1 aromatic heterocycles. The number of nitrogens with two attached hydrogens (primary N) is 1. The van der Waals surface area contributed by atoms with Gasteiger partial charge in [0.1, 0.15) is 5.75 Å². The van der Waals surface area contributed by atoms with Crippen molar-refractivity contribution in [1.29, 1.82) is 0 Å². The summed E-state index contributed by atoms with van der Waals surface area (Å²) in [5.74, 6) is 1.56. The van der Waals surface area contributed by atoms with Crippen LogP contribution in [0.15, 0.2) is 41.8 Å². The molecule has 0 bridgehead atoms. The zero-order valence-electron chi connectivity index (χ0n) is 11.0. The minimum absolute atomic E-state index is 0.0648. The van der Waals surface area contributed by atoms with Crippen LogP contribution in [0, 0.1) is 6.92 Å². The molecule has 1 heterocycles. The summed E-state index contributed by atoms with van der Waals surface area (Å²) in [5, 5.41) is 0.754. The molecule has 4 nitrogen and oxygen atoms in total. The Morgan fingerprint density at radius 3 is 2.74 bits per heavy atom. The van der Waals surface area contributed by atoms with E-state index >= 15 is 0 Å². The number of hydrogen-bond donors (Lipinski definition) is 1. The molecule has 2 N–H and O–H groups in total. The van der Waals surface area contributed by atoms with Crippen LogP contribution >= 0.6 is 11.8 Å². The number of ether oxygens (including phenoxy) is 1. The largest absolute Gasteiger partial charge is 0.497 e. The van der Waals surface area contributed by atoms with E-state index in [1.165, 1.54) is 0 Å². The topological polar surface area (TPSA) is 61.0 Å². The highest BCUT2D eigenvalue weighted by Crippen LogP contribution is 2.23. The Balaban J connectivity index is 1.96. The van der Waals surface area contributed by atoms with Crippen molar-refractivity contribution in [2.24, 2.45) is 5.73 Å². The number of aryl methyl sites for hydroxylation is 1. The van der Waals surface area contributed by atoms with Gasteiger partial charge in [-0.3, -0.25) is 0 Å². The Hall–Kier alpha value is -1.59. The first-order valence-corrected chi connectivity index (χ1v) is 6.98. The molecule has 0 radical (unpaired) electrons. The number of methoxy groups -OCH3 is 1. The number of rotatable bonds is 5. The summed E-state index contributed by atoms with van der Waals surface area (Å²) < 4.78 is 5.19. The third-order valence-electron chi connectivity index (χ3n) is 2.67. The number of aromatic nitrogens is 2. The van der Waals surface area contributed by atoms with Gasteiger partial charge in [0.15, 0.2) is 5.16 Å². The molecule has 1 aromatic carbocycles. The second-order valence-electron chi connectivity index (χ2n) is 4.24. The van der Waals surface area contributed by atoms with Crippen molar-refractivity contribution in [2.75, 3.05) is 12.9 Å². The smallest absolute Gasteiger partial charge is 0.187 e. The molecule has 0 amide bonds. The maximum Gasteiger partial charge on any atom is 0.187 e. The molecule has 0 aliphatic rings. The van der Waals surface area contributed by atoms with Gasteiger partial charge in [-0.2, -0.15) is 0 Å². The van der Waals surface area contributed by atoms with E-state index in [4.69, 9.17) is 10.5 Å². The standard InChI is InChI=1S/C14H17N3OS/c1-10-7-16-14(17-8-10)19-9-13(15)11-4-3-5-12(6-11)18-2/h3-8,13H,9,15H2,1-2H3. The predicted molar refractivity (Wildman–Crippen MR) is 77.4 cm³/mol. The average Bonchev–Trinajstić information content (AvgIpc) is 2.46. The summed E-state index contributed by atoms with van der Waals surface area (Å²) in [6.07, 6.45) is 3.62. The van der Waals surface area contributed by atoms with Crippen molar-refractivity contribution in [1.82, 2.24) is 9.97 Å². The van der Waals surface area contributed by atoms with Crippen LogP contribution in [0.5, 0.6) is 5.75 Å². The third-order valence-corrected chi connectivity index (χ3v) is 3.67. The quantitative estimate of drug-likeness (QED) is 0.671. The second kappa shape index (κ2) is 6.54. The van der Waals surface area contributed by atoms with Crippen LogP contribution in [0.4, 0.5) is 0 Å². The molecular weight excluding hydrogens is 258 g/mol. The Bertz CT molecular complexity index is 530. The van der Waals surface area contributed by atoms with Crippen LogP contribution in [0.1, 0.15) is 17.2 Å². The normalized spacial score (nSPS) is 12.2. The van der Waals surface area contributed by atoms with Crippen molar-refractivity contribution in [3.8, 4) is 5.75 Å². The summed E-state index contributed by atoms with van der Waals surface area (Å²) >= 11 is 1.56. The zero-order chi connectivity index (χ0) is 13.7. The van der Waals surface area contributed by atoms with E-state index in [-0.39, 0.29) is 6.04 Å². The van der Waals surface area contributed by atoms with Gasteiger partial charge in [-0.05, 0) is 30.2 Å². The number of benzene rings is 1. The van der Waals surface area contributed by atoms with Gasteiger partial charge >= 0.3 is 0 Å². The van der Waals surface area contributed by atoms with E-state index in [2.05, 4.69) is 9.97 Å². The summed E-state index contributed by atoms with van der Waals surface area (Å²) in [4.78, 5) is 8.50. The molecule has 5 heteroatoms. The van der Waals surface area contributed by atoms with Gasteiger partial charge in [0, 0.05) is 24.2 Å². The lowest BCUT2D eigenvalue weighted by atomic mass is 10.1. The van der Waals surface area contributed by atoms with Gasteiger partial charge in [0.25, 0.3) is 0 Å². The lowest BCUT2D eigenvalue weighted by Gasteiger charge is -2.12. The molecule has 0 spiro atoms. The van der Waals surface area contributed by atoms with Crippen molar-refractivity contribution in [3.63, 3.8) is 0 Å². The number of nitrogens with zero attached hydrogens (tertiary/aromatic N) is 2. The van der Waals surface area contributed by atoms with Gasteiger partial charge in [-0.25, -0.2) is 9.97 Å². The lowest BCUT2D eigenvalue weighted by molar-refractivity contribution is 0.414. The molecule has 1 atom stereocenters. The van der Waals surface area contributed by atoms with Crippen LogP contribution in [0.2, 0.25) is 0 Å². The van der Waals surface area contributed by atoms with Gasteiger partial charge < -0.3 is 10.5 Å². The fraction of sp³-hybridized carbons (Fsp3) is 0.286. The predicted octanol–water partition coefficient (Wildman–Crippen LogP) is 2.59. The number of thioether (sulfide) groups is 1. The van der Waals surface area contributed by atoms with Gasteiger partial charge in [-0.1, -0.05) is 23.9 Å². The summed E-state index contributed by atoms with van der Waals surface area (Å²) in [6, 6.07) is 7.75. The summed E-state index contributed by atoms with van der Waals surface area (Å²) in [5.41, 5.74) is 8.28. The fourth-order valence-corrected chi connectivity index (χ4v) is 2.36. The van der Waals surface area contributed by atoms with Crippen LogP contribution in [0.25, 0.3) is 0 Å². The maximum absolute atomic E-state index is 6.16. The minimum atomic E-state index is -0.0648. The fourth-order valence-electron chi connectivity index (χ4n) is 1.59. The first-order valence-electron chi connectivity index (χ1n) is 6.00. The number of hydrogen-bond acceptors (Lipinski definition) is 5. The van der Waals surface area contributed by atoms with E-state index in [9.17, 15) is 0 Å². The second-order valence-corrected chi connectivity index (χ2v) is 5.22. The highest BCUT2D eigenvalue weighted by molar-refractivity contribution is 7.99. The Labute approximate surface area is 117 Å². The molecule has 0 saturated heterocycles. The van der Waals surface area contributed by atoms with Crippen LogP contribution in [-0.4, -0.2) is 22.8 Å².